The summed E-state index contributed by atoms with van der Waals surface area (Å²) >= 11 is 0. The van der Waals surface area contributed by atoms with Crippen molar-refractivity contribution in [1.82, 2.24) is 9.80 Å². The lowest BCUT2D eigenvalue weighted by atomic mass is 10.1. The number of ether oxygens (including phenoxy) is 1. The Morgan fingerprint density at radius 1 is 1.22 bits per heavy atom. The summed E-state index contributed by atoms with van der Waals surface area (Å²) in [5.41, 5.74) is 3.54. The minimum atomic E-state index is -0.450. The van der Waals surface area contributed by atoms with Crippen LogP contribution in [0.2, 0.25) is 0 Å². The van der Waals surface area contributed by atoms with Gasteiger partial charge in [-0.2, -0.15) is 0 Å². The average molecular weight is 318 g/mol. The molecule has 0 unspecified atom stereocenters. The third-order valence-electron chi connectivity index (χ3n) is 4.22. The number of benzene rings is 1. The molecule has 0 bridgehead atoms. The number of hydrogen-bond acceptors (Lipinski definition) is 3. The second-order valence-corrected chi connectivity index (χ2v) is 6.20. The number of hydrogen-bond donors (Lipinski definition) is 0. The van der Waals surface area contributed by atoms with E-state index >= 15 is 0 Å². The standard InChI is InChI=1S/C18H26N2O3/c1-5-16(23-4)18(22)20-7-6-19(17(21)12-20)11-15-9-13(2)8-14(3)10-15/h8-10,16H,5-7,11-12H2,1-4H3/t16-/m0/s1. The zero-order valence-electron chi connectivity index (χ0n) is 14.5. The molecule has 1 saturated heterocycles. The molecule has 0 radical (unpaired) electrons. The van der Waals surface area contributed by atoms with Crippen molar-refractivity contribution in [3.63, 3.8) is 0 Å². The van der Waals surface area contributed by atoms with Gasteiger partial charge in [-0.3, -0.25) is 9.59 Å². The minimum absolute atomic E-state index is 0.00489. The molecule has 1 fully saturated rings. The molecular weight excluding hydrogens is 292 g/mol. The molecular formula is C18H26N2O3. The summed E-state index contributed by atoms with van der Waals surface area (Å²) in [6.07, 6.45) is 0.167. The van der Waals surface area contributed by atoms with Crippen LogP contribution in [-0.2, 0) is 20.9 Å². The number of aryl methyl sites for hydroxylation is 2. The summed E-state index contributed by atoms with van der Waals surface area (Å²) in [6.45, 7) is 7.90. The largest absolute Gasteiger partial charge is 0.372 e. The first-order valence-electron chi connectivity index (χ1n) is 8.11. The summed E-state index contributed by atoms with van der Waals surface area (Å²) in [6, 6.07) is 6.34. The number of rotatable bonds is 5. The Morgan fingerprint density at radius 2 is 1.87 bits per heavy atom. The molecule has 5 heteroatoms. The fourth-order valence-electron chi connectivity index (χ4n) is 3.09. The first-order valence-corrected chi connectivity index (χ1v) is 8.11. The Bertz CT molecular complexity index is 561. The third-order valence-corrected chi connectivity index (χ3v) is 4.22. The second-order valence-electron chi connectivity index (χ2n) is 6.20. The van der Waals surface area contributed by atoms with Crippen LogP contribution in [0.4, 0.5) is 0 Å². The van der Waals surface area contributed by atoms with Crippen molar-refractivity contribution in [2.45, 2.75) is 39.8 Å². The molecule has 1 aliphatic rings. The van der Waals surface area contributed by atoms with E-state index in [1.54, 1.807) is 4.90 Å². The molecule has 1 aromatic carbocycles. The monoisotopic (exact) mass is 318 g/mol. The van der Waals surface area contributed by atoms with Gasteiger partial charge in [0.2, 0.25) is 5.91 Å². The molecule has 0 aliphatic carbocycles. The van der Waals surface area contributed by atoms with E-state index in [2.05, 4.69) is 32.0 Å². The molecule has 1 aromatic rings. The van der Waals surface area contributed by atoms with Crippen LogP contribution in [0.25, 0.3) is 0 Å². The van der Waals surface area contributed by atoms with Crippen molar-refractivity contribution in [2.24, 2.45) is 0 Å². The zero-order valence-corrected chi connectivity index (χ0v) is 14.5. The number of piperazine rings is 1. The van der Waals surface area contributed by atoms with Gasteiger partial charge in [0.05, 0.1) is 6.54 Å². The van der Waals surface area contributed by atoms with Crippen LogP contribution < -0.4 is 0 Å². The maximum absolute atomic E-state index is 12.4. The molecule has 2 amide bonds. The molecule has 0 saturated carbocycles. The maximum atomic E-state index is 12.4. The summed E-state index contributed by atoms with van der Waals surface area (Å²) in [5.74, 6) is -0.0934. The van der Waals surface area contributed by atoms with Crippen LogP contribution in [0.5, 0.6) is 0 Å². The third kappa shape index (κ3) is 4.32. The van der Waals surface area contributed by atoms with E-state index in [4.69, 9.17) is 4.74 Å². The van der Waals surface area contributed by atoms with Crippen LogP contribution in [0.1, 0.15) is 30.0 Å². The Hall–Kier alpha value is -1.88. The summed E-state index contributed by atoms with van der Waals surface area (Å²) in [5, 5.41) is 0. The lowest BCUT2D eigenvalue weighted by molar-refractivity contribution is -0.151. The van der Waals surface area contributed by atoms with Crippen molar-refractivity contribution in [1.29, 1.82) is 0 Å². The molecule has 126 valence electrons. The van der Waals surface area contributed by atoms with Crippen molar-refractivity contribution in [2.75, 3.05) is 26.7 Å². The SMILES string of the molecule is CC[C@H](OC)C(=O)N1CCN(Cc2cc(C)cc(C)c2)C(=O)C1. The topological polar surface area (TPSA) is 49.9 Å². The molecule has 5 nitrogen and oxygen atoms in total. The van der Waals surface area contributed by atoms with Gasteiger partial charge in [-0.25, -0.2) is 0 Å². The van der Waals surface area contributed by atoms with Crippen molar-refractivity contribution >= 4 is 11.8 Å². The predicted octanol–water partition coefficient (Wildman–Crippen LogP) is 1.90. The predicted molar refractivity (Wildman–Crippen MR) is 89.0 cm³/mol. The highest BCUT2D eigenvalue weighted by Crippen LogP contribution is 2.15. The molecule has 1 atom stereocenters. The Balaban J connectivity index is 1.99. The highest BCUT2D eigenvalue weighted by Gasteiger charge is 2.30. The van der Waals surface area contributed by atoms with Gasteiger partial charge in [0.15, 0.2) is 0 Å². The number of nitrogens with zero attached hydrogens (tertiary/aromatic N) is 2. The number of methoxy groups -OCH3 is 1. The fraction of sp³-hybridized carbons (Fsp3) is 0.556. The quantitative estimate of drug-likeness (QED) is 0.833. The van der Waals surface area contributed by atoms with E-state index in [9.17, 15) is 9.59 Å². The molecule has 0 N–H and O–H groups in total. The van der Waals surface area contributed by atoms with Gasteiger partial charge in [0, 0.05) is 26.7 Å². The van der Waals surface area contributed by atoms with Gasteiger partial charge in [0.25, 0.3) is 5.91 Å². The lowest BCUT2D eigenvalue weighted by Gasteiger charge is -2.35. The van der Waals surface area contributed by atoms with Gasteiger partial charge in [-0.1, -0.05) is 36.2 Å². The zero-order chi connectivity index (χ0) is 17.0. The van der Waals surface area contributed by atoms with Crippen LogP contribution in [-0.4, -0.2) is 54.5 Å². The Labute approximate surface area is 138 Å². The van der Waals surface area contributed by atoms with Crippen LogP contribution >= 0.6 is 0 Å². The lowest BCUT2D eigenvalue weighted by Crippen LogP contribution is -2.54. The van der Waals surface area contributed by atoms with Gasteiger partial charge >= 0.3 is 0 Å². The molecule has 0 aromatic heterocycles. The highest BCUT2D eigenvalue weighted by atomic mass is 16.5. The molecule has 1 heterocycles. The van der Waals surface area contributed by atoms with E-state index in [0.29, 0.717) is 26.1 Å². The fourth-order valence-corrected chi connectivity index (χ4v) is 3.09. The number of carbonyl (C=O) groups excluding carboxylic acids is 2. The van der Waals surface area contributed by atoms with Gasteiger partial charge < -0.3 is 14.5 Å². The first kappa shape index (κ1) is 17.5. The van der Waals surface area contributed by atoms with E-state index in [-0.39, 0.29) is 18.4 Å². The van der Waals surface area contributed by atoms with Gasteiger partial charge in [-0.05, 0) is 25.8 Å². The molecule has 2 rings (SSSR count). The van der Waals surface area contributed by atoms with Crippen molar-refractivity contribution in [3.05, 3.63) is 34.9 Å². The van der Waals surface area contributed by atoms with E-state index in [0.717, 1.165) is 5.56 Å². The number of amides is 2. The van der Waals surface area contributed by atoms with E-state index in [1.807, 2.05) is 11.8 Å². The number of carbonyl (C=O) groups is 2. The summed E-state index contributed by atoms with van der Waals surface area (Å²) < 4.78 is 5.18. The smallest absolute Gasteiger partial charge is 0.252 e. The molecule has 1 aliphatic heterocycles. The van der Waals surface area contributed by atoms with Crippen molar-refractivity contribution < 1.29 is 14.3 Å². The minimum Gasteiger partial charge on any atom is -0.372 e. The Morgan fingerprint density at radius 3 is 2.39 bits per heavy atom. The normalized spacial score (nSPS) is 16.6. The van der Waals surface area contributed by atoms with Crippen LogP contribution in [0.3, 0.4) is 0 Å². The van der Waals surface area contributed by atoms with Crippen molar-refractivity contribution in [3.8, 4) is 0 Å². The maximum Gasteiger partial charge on any atom is 0.252 e. The Kier molecular flexibility index (Phi) is 5.77. The molecule has 0 spiro atoms. The second kappa shape index (κ2) is 7.59. The first-order chi connectivity index (χ1) is 10.9. The van der Waals surface area contributed by atoms with Gasteiger partial charge in [-0.15, -0.1) is 0 Å². The summed E-state index contributed by atoms with van der Waals surface area (Å²) in [4.78, 5) is 28.1. The highest BCUT2D eigenvalue weighted by molar-refractivity contribution is 5.88. The van der Waals surface area contributed by atoms with Crippen LogP contribution in [0.15, 0.2) is 18.2 Å². The summed E-state index contributed by atoms with van der Waals surface area (Å²) in [7, 11) is 1.53. The van der Waals surface area contributed by atoms with E-state index in [1.165, 1.54) is 18.2 Å². The van der Waals surface area contributed by atoms with Crippen LogP contribution in [0, 0.1) is 13.8 Å². The average Bonchev–Trinajstić information content (AvgIpc) is 2.49. The van der Waals surface area contributed by atoms with Gasteiger partial charge in [0.1, 0.15) is 6.10 Å². The molecule has 23 heavy (non-hydrogen) atoms. The van der Waals surface area contributed by atoms with E-state index < -0.39 is 6.10 Å².